The summed E-state index contributed by atoms with van der Waals surface area (Å²) in [6, 6.07) is 0. The zero-order valence-electron chi connectivity index (χ0n) is 16.4. The Morgan fingerprint density at radius 1 is 1.18 bits per heavy atom. The van der Waals surface area contributed by atoms with Gasteiger partial charge in [0.1, 0.15) is 11.9 Å². The lowest BCUT2D eigenvalue weighted by Crippen LogP contribution is -2.43. The van der Waals surface area contributed by atoms with E-state index in [1.165, 1.54) is 0 Å². The van der Waals surface area contributed by atoms with Crippen LogP contribution in [0.25, 0.3) is 0 Å². The van der Waals surface area contributed by atoms with Crippen molar-refractivity contribution < 1.29 is 22.6 Å². The Labute approximate surface area is 168 Å². The van der Waals surface area contributed by atoms with Gasteiger partial charge < -0.3 is 19.7 Å². The Bertz CT molecular complexity index is 574. The van der Waals surface area contributed by atoms with E-state index in [-0.39, 0.29) is 18.4 Å². The van der Waals surface area contributed by atoms with E-state index in [1.807, 2.05) is 18.9 Å². The largest absolute Gasteiger partial charge is 0.474 e. The SMILES string of the molecule is CC1=C(OC2CCNCC2)N=CN(C)C1OC1CCN(SCC(F)(F)F)CC1. The molecule has 0 aliphatic carbocycles. The minimum Gasteiger partial charge on any atom is -0.474 e. The highest BCUT2D eigenvalue weighted by atomic mass is 32.2. The summed E-state index contributed by atoms with van der Waals surface area (Å²) in [4.78, 5) is 6.34. The number of likely N-dealkylation sites (N-methyl/N-ethyl adjacent to an activating group) is 1. The van der Waals surface area contributed by atoms with Gasteiger partial charge in [-0.3, -0.25) is 4.31 Å². The molecule has 1 unspecified atom stereocenters. The average Bonchev–Trinajstić information content (AvgIpc) is 2.67. The maximum absolute atomic E-state index is 12.4. The Kier molecular flexibility index (Phi) is 7.52. The van der Waals surface area contributed by atoms with Crippen LogP contribution in [0.5, 0.6) is 0 Å². The molecule has 2 saturated heterocycles. The van der Waals surface area contributed by atoms with Gasteiger partial charge >= 0.3 is 6.18 Å². The normalized spacial score (nSPS) is 26.2. The summed E-state index contributed by atoms with van der Waals surface area (Å²) < 4.78 is 51.3. The van der Waals surface area contributed by atoms with Crippen LogP contribution in [0.3, 0.4) is 0 Å². The van der Waals surface area contributed by atoms with Crippen molar-refractivity contribution in [3.8, 4) is 0 Å². The molecule has 2 fully saturated rings. The van der Waals surface area contributed by atoms with Crippen molar-refractivity contribution >= 4 is 18.3 Å². The first-order valence-electron chi connectivity index (χ1n) is 9.76. The molecule has 0 aromatic rings. The van der Waals surface area contributed by atoms with Gasteiger partial charge in [-0.05, 0) is 45.7 Å². The highest BCUT2D eigenvalue weighted by Gasteiger charge is 2.32. The lowest BCUT2D eigenvalue weighted by molar-refractivity contribution is -0.105. The number of hydrogen-bond donors (Lipinski definition) is 1. The molecule has 1 N–H and O–H groups in total. The Morgan fingerprint density at radius 3 is 2.50 bits per heavy atom. The molecule has 0 spiro atoms. The molecule has 10 heteroatoms. The van der Waals surface area contributed by atoms with Gasteiger partial charge in [-0.15, -0.1) is 0 Å². The Morgan fingerprint density at radius 2 is 1.86 bits per heavy atom. The number of nitrogens with zero attached hydrogens (tertiary/aromatic N) is 3. The van der Waals surface area contributed by atoms with E-state index < -0.39 is 11.9 Å². The predicted octanol–water partition coefficient (Wildman–Crippen LogP) is 2.98. The first kappa shape index (κ1) is 21.7. The van der Waals surface area contributed by atoms with Crippen LogP contribution < -0.4 is 5.32 Å². The van der Waals surface area contributed by atoms with E-state index >= 15 is 0 Å². The molecule has 0 aromatic heterocycles. The molecule has 0 amide bonds. The predicted molar refractivity (Wildman–Crippen MR) is 104 cm³/mol. The summed E-state index contributed by atoms with van der Waals surface area (Å²) in [5.41, 5.74) is 0.942. The number of ether oxygens (including phenoxy) is 2. The zero-order chi connectivity index (χ0) is 20.1. The Hall–Kier alpha value is -0.970. The number of alkyl halides is 3. The van der Waals surface area contributed by atoms with Gasteiger partial charge in [-0.1, -0.05) is 11.9 Å². The van der Waals surface area contributed by atoms with Crippen LogP contribution in [-0.4, -0.2) is 79.1 Å². The van der Waals surface area contributed by atoms with Gasteiger partial charge in [0.25, 0.3) is 0 Å². The molecule has 0 bridgehead atoms. The summed E-state index contributed by atoms with van der Waals surface area (Å²) in [5, 5.41) is 3.32. The number of rotatable bonds is 6. The molecule has 3 heterocycles. The van der Waals surface area contributed by atoms with Crippen molar-refractivity contribution in [3.63, 3.8) is 0 Å². The molecule has 0 saturated carbocycles. The lowest BCUT2D eigenvalue weighted by atomic mass is 10.1. The van der Waals surface area contributed by atoms with Crippen molar-refractivity contribution in [1.29, 1.82) is 0 Å². The van der Waals surface area contributed by atoms with E-state index in [1.54, 1.807) is 10.6 Å². The van der Waals surface area contributed by atoms with E-state index in [9.17, 15) is 13.2 Å². The fourth-order valence-corrected chi connectivity index (χ4v) is 4.35. The van der Waals surface area contributed by atoms with E-state index in [0.717, 1.165) is 43.5 Å². The molecule has 160 valence electrons. The van der Waals surface area contributed by atoms with Gasteiger partial charge in [0.05, 0.1) is 12.4 Å². The molecule has 28 heavy (non-hydrogen) atoms. The van der Waals surface area contributed by atoms with Crippen molar-refractivity contribution in [2.24, 2.45) is 4.99 Å². The van der Waals surface area contributed by atoms with Crippen molar-refractivity contribution in [1.82, 2.24) is 14.5 Å². The number of halogens is 3. The molecule has 1 atom stereocenters. The summed E-state index contributed by atoms with van der Waals surface area (Å²) in [7, 11) is 1.91. The van der Waals surface area contributed by atoms with E-state index in [0.29, 0.717) is 31.8 Å². The molecular weight excluding hydrogens is 393 g/mol. The second-order valence-corrected chi connectivity index (χ2v) is 8.53. The highest BCUT2D eigenvalue weighted by Crippen LogP contribution is 2.29. The second kappa shape index (κ2) is 9.69. The van der Waals surface area contributed by atoms with Crippen LogP contribution in [0.15, 0.2) is 16.4 Å². The molecule has 6 nitrogen and oxygen atoms in total. The standard InChI is InChI=1S/C18H29F3N4O2S/c1-13-16(26-14-3-7-22-8-4-14)23-12-24(2)17(13)27-15-5-9-25(10-6-15)28-11-18(19,20)21/h12,14-15,17,22H,3-11H2,1-2H3. The molecular formula is C18H29F3N4O2S. The second-order valence-electron chi connectivity index (χ2n) is 7.47. The van der Waals surface area contributed by atoms with Gasteiger partial charge in [0.15, 0.2) is 6.23 Å². The highest BCUT2D eigenvalue weighted by molar-refractivity contribution is 7.97. The first-order valence-corrected chi connectivity index (χ1v) is 10.7. The van der Waals surface area contributed by atoms with Crippen LogP contribution in [0.4, 0.5) is 13.2 Å². The van der Waals surface area contributed by atoms with Crippen LogP contribution >= 0.6 is 11.9 Å². The number of hydrogen-bond acceptors (Lipinski definition) is 7. The summed E-state index contributed by atoms with van der Waals surface area (Å²) in [5.74, 6) is -0.201. The summed E-state index contributed by atoms with van der Waals surface area (Å²) >= 11 is 0.860. The van der Waals surface area contributed by atoms with E-state index in [4.69, 9.17) is 9.47 Å². The quantitative estimate of drug-likeness (QED) is 0.665. The number of piperidine rings is 2. The van der Waals surface area contributed by atoms with Gasteiger partial charge in [-0.2, -0.15) is 13.2 Å². The average molecular weight is 423 g/mol. The minimum absolute atomic E-state index is 0.0109. The van der Waals surface area contributed by atoms with Gasteiger partial charge in [0, 0.05) is 25.7 Å². The van der Waals surface area contributed by atoms with Crippen molar-refractivity contribution in [2.75, 3.05) is 39.0 Å². The monoisotopic (exact) mass is 422 g/mol. The molecule has 3 aliphatic heterocycles. The maximum Gasteiger partial charge on any atom is 0.399 e. The third-order valence-corrected chi connectivity index (χ3v) is 6.32. The van der Waals surface area contributed by atoms with Crippen molar-refractivity contribution in [2.45, 2.75) is 57.2 Å². The summed E-state index contributed by atoms with van der Waals surface area (Å²) in [6.07, 6.45) is 0.862. The van der Waals surface area contributed by atoms with E-state index in [2.05, 4.69) is 10.3 Å². The summed E-state index contributed by atoms with van der Waals surface area (Å²) in [6.45, 7) is 5.06. The van der Waals surface area contributed by atoms with Crippen molar-refractivity contribution in [3.05, 3.63) is 11.5 Å². The fourth-order valence-electron chi connectivity index (χ4n) is 3.55. The molecule has 0 aromatic carbocycles. The third-order valence-electron chi connectivity index (χ3n) is 5.13. The van der Waals surface area contributed by atoms with Crippen LogP contribution in [-0.2, 0) is 9.47 Å². The topological polar surface area (TPSA) is 49.3 Å². The lowest BCUT2D eigenvalue weighted by Gasteiger charge is -2.37. The number of aliphatic imine (C=N–C) groups is 1. The Balaban J connectivity index is 1.51. The molecule has 0 radical (unpaired) electrons. The number of nitrogens with one attached hydrogen (secondary N) is 1. The third kappa shape index (κ3) is 6.27. The minimum atomic E-state index is -4.13. The van der Waals surface area contributed by atoms with Crippen LogP contribution in [0, 0.1) is 0 Å². The first-order chi connectivity index (χ1) is 13.3. The van der Waals surface area contributed by atoms with Crippen LogP contribution in [0.2, 0.25) is 0 Å². The van der Waals surface area contributed by atoms with Gasteiger partial charge in [-0.25, -0.2) is 4.99 Å². The van der Waals surface area contributed by atoms with Crippen LogP contribution in [0.1, 0.15) is 32.6 Å². The molecule has 3 aliphatic rings. The smallest absolute Gasteiger partial charge is 0.399 e. The van der Waals surface area contributed by atoms with Gasteiger partial charge in [0.2, 0.25) is 5.88 Å². The zero-order valence-corrected chi connectivity index (χ0v) is 17.2. The maximum atomic E-state index is 12.4. The fraction of sp³-hybridized carbons (Fsp3) is 0.833. The molecule has 3 rings (SSSR count).